The highest BCUT2D eigenvalue weighted by Crippen LogP contribution is 2.32. The van der Waals surface area contributed by atoms with Gasteiger partial charge in [0.25, 0.3) is 5.91 Å². The lowest BCUT2D eigenvalue weighted by Crippen LogP contribution is -2.53. The van der Waals surface area contributed by atoms with E-state index in [0.717, 1.165) is 9.80 Å². The molecule has 161 valence electrons. The number of benzene rings is 2. The first-order valence-electron chi connectivity index (χ1n) is 9.22. The maximum atomic E-state index is 14.7. The summed E-state index contributed by atoms with van der Waals surface area (Å²) in [6, 6.07) is 9.53. The number of benzodiazepines with no additional fused rings is 1. The highest BCUT2D eigenvalue weighted by Gasteiger charge is 2.37. The van der Waals surface area contributed by atoms with Crippen molar-refractivity contribution in [2.24, 2.45) is 10.7 Å². The van der Waals surface area contributed by atoms with Crippen LogP contribution in [0, 0.1) is 5.82 Å². The van der Waals surface area contributed by atoms with Gasteiger partial charge in [-0.15, -0.1) is 0 Å². The average molecular weight is 462 g/mol. The van der Waals surface area contributed by atoms with Gasteiger partial charge in [0.15, 0.2) is 0 Å². The fourth-order valence-electron chi connectivity index (χ4n) is 3.25. The zero-order valence-corrected chi connectivity index (χ0v) is 18.1. The third-order valence-corrected chi connectivity index (χ3v) is 5.45. The van der Waals surface area contributed by atoms with E-state index in [4.69, 9.17) is 17.3 Å². The number of anilines is 1. The summed E-state index contributed by atoms with van der Waals surface area (Å²) >= 11 is 10.2. The second-order valence-corrected chi connectivity index (χ2v) is 7.60. The molecular formula is C21H19ClFN4O3S. The number of carbonyl (C=O) groups excluding carboxylic acids is 3. The highest BCUT2D eigenvalue weighted by atomic mass is 35.5. The Bertz CT molecular complexity index is 1060. The van der Waals surface area contributed by atoms with E-state index in [0.29, 0.717) is 16.3 Å². The fraction of sp³-hybridized carbons (Fsp3) is 0.238. The molecule has 3 rings (SSSR count). The Morgan fingerprint density at radius 1 is 1.35 bits per heavy atom. The van der Waals surface area contributed by atoms with Crippen molar-refractivity contribution in [1.29, 1.82) is 0 Å². The minimum atomic E-state index is -1.40. The van der Waals surface area contributed by atoms with E-state index in [1.54, 1.807) is 12.4 Å². The van der Waals surface area contributed by atoms with Crippen LogP contribution in [-0.2, 0) is 14.4 Å². The highest BCUT2D eigenvalue weighted by molar-refractivity contribution is 7.80. The summed E-state index contributed by atoms with van der Waals surface area (Å²) < 4.78 is 14.7. The first-order chi connectivity index (χ1) is 14.8. The van der Waals surface area contributed by atoms with Crippen LogP contribution in [0.5, 0.6) is 0 Å². The molecule has 7 nitrogen and oxygen atoms in total. The molecule has 2 N–H and O–H groups in total. The molecule has 0 bridgehead atoms. The Morgan fingerprint density at radius 3 is 2.71 bits per heavy atom. The van der Waals surface area contributed by atoms with E-state index in [1.807, 2.05) is 0 Å². The second kappa shape index (κ2) is 9.59. The number of halogens is 2. The minimum Gasteiger partial charge on any atom is -0.319 e. The summed E-state index contributed by atoms with van der Waals surface area (Å²) in [5.41, 5.74) is 6.65. The molecule has 0 spiro atoms. The van der Waals surface area contributed by atoms with Gasteiger partial charge >= 0.3 is 0 Å². The van der Waals surface area contributed by atoms with E-state index >= 15 is 0 Å². The van der Waals surface area contributed by atoms with Crippen molar-refractivity contribution < 1.29 is 18.8 Å². The third-order valence-electron chi connectivity index (χ3n) is 4.82. The molecule has 2 amide bonds. The van der Waals surface area contributed by atoms with Crippen molar-refractivity contribution in [3.8, 4) is 0 Å². The van der Waals surface area contributed by atoms with Crippen LogP contribution in [0.3, 0.4) is 0 Å². The van der Waals surface area contributed by atoms with Gasteiger partial charge in [-0.1, -0.05) is 23.7 Å². The molecule has 0 saturated carbocycles. The molecule has 1 aliphatic rings. The maximum Gasteiger partial charge on any atom is 0.272 e. The topological polar surface area (TPSA) is 96.1 Å². The number of thiol groups is 1. The van der Waals surface area contributed by atoms with E-state index in [2.05, 4.69) is 17.6 Å². The van der Waals surface area contributed by atoms with Crippen LogP contribution in [0.2, 0.25) is 5.02 Å². The predicted octanol–water partition coefficient (Wildman–Crippen LogP) is 1.81. The summed E-state index contributed by atoms with van der Waals surface area (Å²) in [4.78, 5) is 43.9. The number of nitrogens with two attached hydrogens (primary N) is 1. The molecule has 2 atom stereocenters. The van der Waals surface area contributed by atoms with Crippen molar-refractivity contribution in [3.63, 3.8) is 0 Å². The van der Waals surface area contributed by atoms with Gasteiger partial charge in [0.2, 0.25) is 18.4 Å². The Balaban J connectivity index is 2.28. The van der Waals surface area contributed by atoms with Crippen LogP contribution in [-0.4, -0.2) is 60.3 Å². The Morgan fingerprint density at radius 2 is 2.06 bits per heavy atom. The number of fused-ring (bicyclic) bond motifs is 1. The largest absolute Gasteiger partial charge is 0.319 e. The molecule has 31 heavy (non-hydrogen) atoms. The van der Waals surface area contributed by atoms with Gasteiger partial charge in [-0.05, 0) is 30.3 Å². The number of likely N-dealkylation sites (N-methyl/N-ethyl adjacent to an activating group) is 1. The van der Waals surface area contributed by atoms with E-state index < -0.39 is 36.4 Å². The Hall–Kier alpha value is -2.75. The third kappa shape index (κ3) is 4.48. The number of carbonyl (C=O) groups is 2. The maximum absolute atomic E-state index is 14.7. The van der Waals surface area contributed by atoms with Crippen molar-refractivity contribution in [2.45, 2.75) is 12.2 Å². The lowest BCUT2D eigenvalue weighted by Gasteiger charge is -2.29. The molecule has 0 fully saturated rings. The molecule has 0 saturated heterocycles. The van der Waals surface area contributed by atoms with E-state index in [-0.39, 0.29) is 17.0 Å². The lowest BCUT2D eigenvalue weighted by atomic mass is 9.99. The van der Waals surface area contributed by atoms with Gasteiger partial charge in [0.1, 0.15) is 5.82 Å². The molecule has 1 aliphatic heterocycles. The number of amides is 2. The van der Waals surface area contributed by atoms with Crippen LogP contribution >= 0.6 is 24.2 Å². The quantitative estimate of drug-likeness (QED) is 0.641. The van der Waals surface area contributed by atoms with E-state index in [1.165, 1.54) is 43.4 Å². The van der Waals surface area contributed by atoms with Crippen molar-refractivity contribution in [1.82, 2.24) is 4.90 Å². The van der Waals surface area contributed by atoms with Gasteiger partial charge < -0.3 is 15.5 Å². The van der Waals surface area contributed by atoms with E-state index in [9.17, 15) is 18.8 Å². The fourth-order valence-corrected chi connectivity index (χ4v) is 3.57. The normalized spacial score (nSPS) is 16.8. The molecule has 1 heterocycles. The first-order valence-corrected chi connectivity index (χ1v) is 10.2. The molecule has 2 aromatic rings. The second-order valence-electron chi connectivity index (χ2n) is 6.80. The number of aliphatic imine (C=N–C) groups is 1. The van der Waals surface area contributed by atoms with Gasteiger partial charge in [-0.3, -0.25) is 14.4 Å². The Labute approximate surface area is 189 Å². The predicted molar refractivity (Wildman–Crippen MR) is 120 cm³/mol. The molecule has 2 unspecified atom stereocenters. The van der Waals surface area contributed by atoms with Crippen molar-refractivity contribution >= 4 is 53.7 Å². The van der Waals surface area contributed by atoms with Crippen LogP contribution in [0.4, 0.5) is 10.1 Å². The van der Waals surface area contributed by atoms with Crippen LogP contribution in [0.1, 0.15) is 11.1 Å². The molecule has 0 aliphatic carbocycles. The zero-order valence-electron chi connectivity index (χ0n) is 16.5. The molecule has 0 aromatic heterocycles. The number of rotatable bonds is 6. The van der Waals surface area contributed by atoms with Gasteiger partial charge in [-0.25, -0.2) is 9.38 Å². The molecule has 1 radical (unpaired) electrons. The standard InChI is InChI=1S/C21H19ClFN4O3S/c1-26(20(29)16(24)11-31)19-21(30)27(8-9-28)17-7-6-12(22)10-14(17)18(25-19)13-4-2-3-5-15(13)23/h2-7,10,16,19,31H,8,11,24H2,1H3. The number of hydrogen-bond donors (Lipinski definition) is 2. The summed E-state index contributed by atoms with van der Waals surface area (Å²) in [6.07, 6.45) is 0.301. The molecular weight excluding hydrogens is 443 g/mol. The molecule has 2 aromatic carbocycles. The van der Waals surface area contributed by atoms with Gasteiger partial charge in [0, 0.05) is 29.0 Å². The van der Waals surface area contributed by atoms with Gasteiger partial charge in [-0.2, -0.15) is 12.6 Å². The monoisotopic (exact) mass is 461 g/mol. The SMILES string of the molecule is CN(C(=O)C(N)CS)C1N=C(c2ccccc2F)c2cc(Cl)ccc2N(C[C]=O)C1=O. The first kappa shape index (κ1) is 22.9. The Kier molecular flexibility index (Phi) is 7.09. The smallest absolute Gasteiger partial charge is 0.272 e. The van der Waals surface area contributed by atoms with Gasteiger partial charge in [0.05, 0.1) is 24.0 Å². The lowest BCUT2D eigenvalue weighted by molar-refractivity contribution is -0.138. The minimum absolute atomic E-state index is 0.0512. The molecule has 10 heteroatoms. The van der Waals surface area contributed by atoms with Crippen molar-refractivity contribution in [2.75, 3.05) is 24.2 Å². The zero-order chi connectivity index (χ0) is 22.7. The van der Waals surface area contributed by atoms with Crippen LogP contribution in [0.25, 0.3) is 0 Å². The number of hydrogen-bond acceptors (Lipinski definition) is 6. The summed E-state index contributed by atoms with van der Waals surface area (Å²) in [5.74, 6) is -1.77. The number of nitrogens with zero attached hydrogens (tertiary/aromatic N) is 3. The summed E-state index contributed by atoms with van der Waals surface area (Å²) in [6.45, 7) is -0.412. The summed E-state index contributed by atoms with van der Waals surface area (Å²) in [7, 11) is 1.36. The van der Waals surface area contributed by atoms with Crippen molar-refractivity contribution in [3.05, 3.63) is 64.4 Å². The van der Waals surface area contributed by atoms with Crippen LogP contribution in [0.15, 0.2) is 47.5 Å². The average Bonchev–Trinajstić information content (AvgIpc) is 2.88. The summed E-state index contributed by atoms with van der Waals surface area (Å²) in [5, 5.41) is 0.324. The van der Waals surface area contributed by atoms with Crippen LogP contribution < -0.4 is 10.6 Å².